The van der Waals surface area contributed by atoms with Crippen molar-refractivity contribution >= 4 is 17.7 Å². The fourth-order valence-electron chi connectivity index (χ4n) is 8.05. The summed E-state index contributed by atoms with van der Waals surface area (Å²) in [4.78, 5) is 36.6. The van der Waals surface area contributed by atoms with Gasteiger partial charge in [0.15, 0.2) is 0 Å². The van der Waals surface area contributed by atoms with Gasteiger partial charge in [0.2, 0.25) is 0 Å². The van der Waals surface area contributed by atoms with Crippen molar-refractivity contribution in [2.75, 3.05) is 0 Å². The van der Waals surface area contributed by atoms with Gasteiger partial charge in [0.25, 0.3) is 0 Å². The zero-order chi connectivity index (χ0) is 21.8. The first-order valence-corrected chi connectivity index (χ1v) is 11.6. The van der Waals surface area contributed by atoms with E-state index in [-0.39, 0.29) is 34.8 Å². The molecule has 0 amide bonds. The van der Waals surface area contributed by atoms with E-state index in [1.807, 2.05) is 6.92 Å². The summed E-state index contributed by atoms with van der Waals surface area (Å²) in [6.07, 6.45) is 7.46. The minimum Gasteiger partial charge on any atom is -0.463 e. The molecular weight excluding hydrogens is 380 g/mol. The molecule has 0 saturated heterocycles. The molecule has 4 fully saturated rings. The summed E-state index contributed by atoms with van der Waals surface area (Å²) in [7, 11) is 0. The molecule has 0 N–H and O–H groups in total. The number of allylic oxidation sites excluding steroid dienone is 2. The van der Waals surface area contributed by atoms with E-state index in [1.54, 1.807) is 0 Å². The standard InChI is InChI=1S/C25H36O5/c1-14(29-15(2)26)20-8-9-21-19-7-6-17-12-18(30-16(3)27)10-11-24(17,4)23(19)22(28)13-25(20,21)5/h17-19,21,23H,6-13H2,1-5H3/b20-14+/t17-,18+,19-,21+,23-,24-,25+/m0/s1. The van der Waals surface area contributed by atoms with Gasteiger partial charge in [-0.1, -0.05) is 13.8 Å². The number of rotatable bonds is 2. The first kappa shape index (κ1) is 21.6. The summed E-state index contributed by atoms with van der Waals surface area (Å²) in [6.45, 7) is 9.37. The summed E-state index contributed by atoms with van der Waals surface area (Å²) < 4.78 is 11.0. The second kappa shape index (κ2) is 7.49. The molecule has 4 saturated carbocycles. The molecule has 7 atom stereocenters. The Hall–Kier alpha value is -1.65. The summed E-state index contributed by atoms with van der Waals surface area (Å²) in [6, 6.07) is 0. The molecule has 0 unspecified atom stereocenters. The lowest BCUT2D eigenvalue weighted by atomic mass is 9.44. The average molecular weight is 417 g/mol. The van der Waals surface area contributed by atoms with Gasteiger partial charge in [-0.05, 0) is 80.6 Å². The number of hydrogen-bond acceptors (Lipinski definition) is 5. The number of esters is 2. The highest BCUT2D eigenvalue weighted by molar-refractivity contribution is 5.85. The number of hydrogen-bond donors (Lipinski definition) is 0. The first-order chi connectivity index (χ1) is 14.1. The van der Waals surface area contributed by atoms with Crippen LogP contribution in [0.25, 0.3) is 0 Å². The SMILES string of the molecule is CC(=O)O/C(C)=C1\CC[C@@H]2[C@@H]3CC[C@H]4C[C@H](OC(C)=O)CC[C@]4(C)[C@@H]3C(=O)C[C@]12C. The molecule has 0 aromatic carbocycles. The number of fused-ring (bicyclic) bond motifs is 5. The van der Waals surface area contributed by atoms with E-state index in [0.717, 1.165) is 44.9 Å². The Labute approximate surface area is 179 Å². The molecule has 166 valence electrons. The topological polar surface area (TPSA) is 69.7 Å². The molecule has 5 nitrogen and oxygen atoms in total. The molecule has 0 aromatic rings. The van der Waals surface area contributed by atoms with E-state index in [0.29, 0.717) is 35.7 Å². The predicted octanol–water partition coefficient (Wildman–Crippen LogP) is 4.98. The van der Waals surface area contributed by atoms with Crippen molar-refractivity contribution in [1.29, 1.82) is 0 Å². The predicted molar refractivity (Wildman–Crippen MR) is 112 cm³/mol. The molecule has 30 heavy (non-hydrogen) atoms. The van der Waals surface area contributed by atoms with Crippen LogP contribution in [-0.4, -0.2) is 23.8 Å². The highest BCUT2D eigenvalue weighted by Crippen LogP contribution is 2.66. The number of Topliss-reactive ketones (excluding diaryl/α,β-unsaturated/α-hetero) is 1. The third kappa shape index (κ3) is 3.33. The quantitative estimate of drug-likeness (QED) is 0.469. The van der Waals surface area contributed by atoms with E-state index in [1.165, 1.54) is 19.4 Å². The molecule has 4 rings (SSSR count). The van der Waals surface area contributed by atoms with Gasteiger partial charge in [-0.15, -0.1) is 0 Å². The Balaban J connectivity index is 1.60. The summed E-state index contributed by atoms with van der Waals surface area (Å²) in [5, 5.41) is 0. The molecule has 0 spiro atoms. The van der Waals surface area contributed by atoms with Crippen LogP contribution in [0, 0.1) is 34.5 Å². The molecule has 0 bridgehead atoms. The number of ether oxygens (including phenoxy) is 2. The summed E-state index contributed by atoms with van der Waals surface area (Å²) in [5.74, 6) is 2.06. The van der Waals surface area contributed by atoms with Crippen molar-refractivity contribution in [3.05, 3.63) is 11.3 Å². The van der Waals surface area contributed by atoms with Crippen molar-refractivity contribution in [3.8, 4) is 0 Å². The number of carbonyl (C=O) groups is 3. The van der Waals surface area contributed by atoms with Gasteiger partial charge < -0.3 is 9.47 Å². The minimum atomic E-state index is -0.287. The smallest absolute Gasteiger partial charge is 0.307 e. The van der Waals surface area contributed by atoms with E-state index in [9.17, 15) is 14.4 Å². The van der Waals surface area contributed by atoms with Crippen molar-refractivity contribution < 1.29 is 23.9 Å². The zero-order valence-corrected chi connectivity index (χ0v) is 19.1. The van der Waals surface area contributed by atoms with Gasteiger partial charge in [-0.2, -0.15) is 0 Å². The highest BCUT2D eigenvalue weighted by atomic mass is 16.5. The molecule has 4 aliphatic rings. The maximum Gasteiger partial charge on any atom is 0.307 e. The van der Waals surface area contributed by atoms with Crippen LogP contribution in [0.5, 0.6) is 0 Å². The van der Waals surface area contributed by atoms with Crippen molar-refractivity contribution in [2.45, 2.75) is 92.1 Å². The zero-order valence-electron chi connectivity index (χ0n) is 19.1. The third-order valence-corrected chi connectivity index (χ3v) is 9.14. The van der Waals surface area contributed by atoms with Gasteiger partial charge in [0.05, 0.1) is 0 Å². The first-order valence-electron chi connectivity index (χ1n) is 11.6. The van der Waals surface area contributed by atoms with E-state index >= 15 is 0 Å². The summed E-state index contributed by atoms with van der Waals surface area (Å²) in [5.41, 5.74) is 1.01. The van der Waals surface area contributed by atoms with Gasteiger partial charge in [-0.25, -0.2) is 0 Å². The Morgan fingerprint density at radius 1 is 1.00 bits per heavy atom. The number of ketones is 1. The van der Waals surface area contributed by atoms with Crippen LogP contribution in [0.2, 0.25) is 0 Å². The monoisotopic (exact) mass is 416 g/mol. The normalized spacial score (nSPS) is 44.4. The highest BCUT2D eigenvalue weighted by Gasteiger charge is 2.62. The molecule has 0 aromatic heterocycles. The van der Waals surface area contributed by atoms with Gasteiger partial charge in [0.1, 0.15) is 17.6 Å². The van der Waals surface area contributed by atoms with Crippen LogP contribution in [0.15, 0.2) is 11.3 Å². The largest absolute Gasteiger partial charge is 0.463 e. The lowest BCUT2D eigenvalue weighted by molar-refractivity contribution is -0.166. The van der Waals surface area contributed by atoms with Crippen LogP contribution in [0.3, 0.4) is 0 Å². The van der Waals surface area contributed by atoms with Crippen molar-refractivity contribution in [2.24, 2.45) is 34.5 Å². The van der Waals surface area contributed by atoms with Crippen LogP contribution in [-0.2, 0) is 23.9 Å². The Bertz CT molecular complexity index is 797. The average Bonchev–Trinajstić information content (AvgIpc) is 2.97. The van der Waals surface area contributed by atoms with Gasteiger partial charge in [0, 0.05) is 31.6 Å². The van der Waals surface area contributed by atoms with Crippen LogP contribution in [0.4, 0.5) is 0 Å². The molecular formula is C25H36O5. The third-order valence-electron chi connectivity index (χ3n) is 9.14. The fraction of sp³-hybridized carbons (Fsp3) is 0.800. The van der Waals surface area contributed by atoms with E-state index in [4.69, 9.17) is 9.47 Å². The maximum absolute atomic E-state index is 13.7. The maximum atomic E-state index is 13.7. The molecule has 4 aliphatic carbocycles. The lowest BCUT2D eigenvalue weighted by Crippen LogP contribution is -2.57. The van der Waals surface area contributed by atoms with Crippen molar-refractivity contribution in [1.82, 2.24) is 0 Å². The fourth-order valence-corrected chi connectivity index (χ4v) is 8.05. The van der Waals surface area contributed by atoms with Crippen LogP contribution >= 0.6 is 0 Å². The van der Waals surface area contributed by atoms with Crippen LogP contribution < -0.4 is 0 Å². The van der Waals surface area contributed by atoms with Gasteiger partial charge in [-0.3, -0.25) is 14.4 Å². The van der Waals surface area contributed by atoms with Crippen LogP contribution in [0.1, 0.15) is 86.0 Å². The van der Waals surface area contributed by atoms with E-state index < -0.39 is 0 Å². The van der Waals surface area contributed by atoms with Crippen molar-refractivity contribution in [3.63, 3.8) is 0 Å². The molecule has 0 heterocycles. The lowest BCUT2D eigenvalue weighted by Gasteiger charge is -2.59. The second-order valence-corrected chi connectivity index (χ2v) is 10.8. The second-order valence-electron chi connectivity index (χ2n) is 10.8. The Morgan fingerprint density at radius 2 is 1.73 bits per heavy atom. The molecule has 0 aliphatic heterocycles. The van der Waals surface area contributed by atoms with E-state index in [2.05, 4.69) is 13.8 Å². The molecule has 0 radical (unpaired) electrons. The summed E-state index contributed by atoms with van der Waals surface area (Å²) >= 11 is 0. The Kier molecular flexibility index (Phi) is 5.39. The van der Waals surface area contributed by atoms with Gasteiger partial charge >= 0.3 is 11.9 Å². The number of carbonyl (C=O) groups excluding carboxylic acids is 3. The molecule has 5 heteroatoms. The Morgan fingerprint density at radius 3 is 2.40 bits per heavy atom. The minimum absolute atomic E-state index is 0.00785.